The fraction of sp³-hybridized carbons (Fsp3) is 0.857. The van der Waals surface area contributed by atoms with Crippen LogP contribution < -0.4 is 5.32 Å². The van der Waals surface area contributed by atoms with E-state index in [-0.39, 0.29) is 13.2 Å². The molecule has 82 valence electrons. The lowest BCUT2D eigenvalue weighted by Crippen LogP contribution is -2.42. The van der Waals surface area contributed by atoms with Crippen LogP contribution in [0.15, 0.2) is 0 Å². The molecular formula is C7H9ClF3NO2. The topological polar surface area (TPSA) is 38.3 Å². The second-order valence-electron chi connectivity index (χ2n) is 3.02. The van der Waals surface area contributed by atoms with Crippen LogP contribution in [0.2, 0.25) is 0 Å². The average molecular weight is 232 g/mol. The van der Waals surface area contributed by atoms with E-state index in [1.165, 1.54) is 0 Å². The number of hydrogen-bond donors (Lipinski definition) is 1. The third-order valence-corrected chi connectivity index (χ3v) is 2.15. The van der Waals surface area contributed by atoms with E-state index in [9.17, 15) is 18.0 Å². The number of halogens is 4. The van der Waals surface area contributed by atoms with Crippen molar-refractivity contribution in [2.45, 2.75) is 24.0 Å². The van der Waals surface area contributed by atoms with Gasteiger partial charge in [0.2, 0.25) is 5.91 Å². The molecule has 3 nitrogen and oxygen atoms in total. The van der Waals surface area contributed by atoms with Gasteiger partial charge in [0.05, 0.1) is 24.6 Å². The zero-order chi connectivity index (χ0) is 10.8. The summed E-state index contributed by atoms with van der Waals surface area (Å²) in [6, 6.07) is -0.522. The highest BCUT2D eigenvalue weighted by atomic mass is 35.5. The van der Waals surface area contributed by atoms with Crippen molar-refractivity contribution in [2.24, 2.45) is 0 Å². The van der Waals surface area contributed by atoms with Crippen LogP contribution in [0.5, 0.6) is 0 Å². The monoisotopic (exact) mass is 231 g/mol. The maximum absolute atomic E-state index is 11.8. The van der Waals surface area contributed by atoms with Gasteiger partial charge in [0.1, 0.15) is 6.42 Å². The predicted molar refractivity (Wildman–Crippen MR) is 43.1 cm³/mol. The van der Waals surface area contributed by atoms with Crippen LogP contribution in [-0.2, 0) is 9.53 Å². The minimum absolute atomic E-state index is 0.164. The van der Waals surface area contributed by atoms with E-state index in [1.807, 2.05) is 0 Å². The highest BCUT2D eigenvalue weighted by Crippen LogP contribution is 2.20. The van der Waals surface area contributed by atoms with Crippen molar-refractivity contribution in [3.8, 4) is 0 Å². The normalized spacial score (nSPS) is 27.7. The molecule has 0 aromatic heterocycles. The van der Waals surface area contributed by atoms with Crippen molar-refractivity contribution in [2.75, 3.05) is 13.2 Å². The van der Waals surface area contributed by atoms with Gasteiger partial charge in [-0.1, -0.05) is 0 Å². The number of rotatable bonds is 2. The summed E-state index contributed by atoms with van der Waals surface area (Å²) in [5.41, 5.74) is 0. The van der Waals surface area contributed by atoms with Crippen molar-refractivity contribution < 1.29 is 22.7 Å². The molecule has 0 saturated carbocycles. The fourth-order valence-electron chi connectivity index (χ4n) is 1.10. The Kier molecular flexibility index (Phi) is 3.60. The smallest absolute Gasteiger partial charge is 0.378 e. The van der Waals surface area contributed by atoms with Gasteiger partial charge >= 0.3 is 6.18 Å². The molecule has 0 aromatic carbocycles. The summed E-state index contributed by atoms with van der Waals surface area (Å²) in [7, 11) is 0. The summed E-state index contributed by atoms with van der Waals surface area (Å²) in [4.78, 5) is 10.8. The first-order valence-corrected chi connectivity index (χ1v) is 4.40. The zero-order valence-corrected chi connectivity index (χ0v) is 7.86. The molecule has 1 heterocycles. The summed E-state index contributed by atoms with van der Waals surface area (Å²) in [5.74, 6) is -1.07. The Bertz CT molecular complexity index is 221. The molecule has 0 aliphatic carbocycles. The molecule has 1 rings (SSSR count). The maximum atomic E-state index is 11.8. The summed E-state index contributed by atoms with van der Waals surface area (Å²) in [6.07, 6.45) is -5.96. The zero-order valence-electron chi connectivity index (χ0n) is 7.10. The summed E-state index contributed by atoms with van der Waals surface area (Å²) in [6.45, 7) is 0.413. The molecule has 1 amide bonds. The van der Waals surface area contributed by atoms with Gasteiger partial charge in [0, 0.05) is 0 Å². The van der Waals surface area contributed by atoms with Crippen molar-refractivity contribution in [1.29, 1.82) is 0 Å². The quantitative estimate of drug-likeness (QED) is 0.722. The van der Waals surface area contributed by atoms with Crippen LogP contribution >= 0.6 is 11.6 Å². The van der Waals surface area contributed by atoms with Gasteiger partial charge in [-0.15, -0.1) is 11.6 Å². The summed E-state index contributed by atoms with van der Waals surface area (Å²) in [5, 5.41) is 1.72. The van der Waals surface area contributed by atoms with Gasteiger partial charge in [-0.3, -0.25) is 4.79 Å². The van der Waals surface area contributed by atoms with Crippen LogP contribution in [0, 0.1) is 0 Å². The molecule has 7 heteroatoms. The van der Waals surface area contributed by atoms with E-state index < -0.39 is 29.9 Å². The lowest BCUT2D eigenvalue weighted by atomic mass is 10.2. The largest absolute Gasteiger partial charge is 0.397 e. The molecule has 0 radical (unpaired) electrons. The van der Waals surface area contributed by atoms with E-state index in [2.05, 4.69) is 5.32 Å². The number of carbonyl (C=O) groups excluding carboxylic acids is 1. The number of carbonyl (C=O) groups is 1. The standard InChI is InChI=1S/C7H9ClF3NO2/c8-4-2-14-3-5(4)12-6(13)1-7(9,10)11/h4-5H,1-3H2,(H,12,13). The third-order valence-electron chi connectivity index (χ3n) is 1.72. The Morgan fingerprint density at radius 3 is 2.57 bits per heavy atom. The second kappa shape index (κ2) is 4.35. The van der Waals surface area contributed by atoms with Crippen LogP contribution in [-0.4, -0.2) is 36.7 Å². The highest BCUT2D eigenvalue weighted by Gasteiger charge is 2.34. The number of amides is 1. The summed E-state index contributed by atoms with van der Waals surface area (Å²) < 4.78 is 40.1. The minimum atomic E-state index is -4.48. The molecule has 1 fully saturated rings. The summed E-state index contributed by atoms with van der Waals surface area (Å²) >= 11 is 5.67. The molecule has 1 N–H and O–H groups in total. The van der Waals surface area contributed by atoms with Gasteiger partial charge in [0.15, 0.2) is 0 Å². The number of alkyl halides is 4. The minimum Gasteiger partial charge on any atom is -0.378 e. The van der Waals surface area contributed by atoms with Gasteiger partial charge in [-0.2, -0.15) is 13.2 Å². The van der Waals surface area contributed by atoms with Crippen molar-refractivity contribution in [1.82, 2.24) is 5.32 Å². The Morgan fingerprint density at radius 1 is 1.50 bits per heavy atom. The van der Waals surface area contributed by atoms with Crippen LogP contribution in [0.4, 0.5) is 13.2 Å². The van der Waals surface area contributed by atoms with Gasteiger partial charge in [-0.25, -0.2) is 0 Å². The Labute approximate surface area is 83.5 Å². The Hall–Kier alpha value is -0.490. The molecular weight excluding hydrogens is 223 g/mol. The maximum Gasteiger partial charge on any atom is 0.397 e. The molecule has 1 aliphatic rings. The number of nitrogens with one attached hydrogen (secondary N) is 1. The Balaban J connectivity index is 2.33. The van der Waals surface area contributed by atoms with E-state index in [4.69, 9.17) is 16.3 Å². The first-order chi connectivity index (χ1) is 6.38. The van der Waals surface area contributed by atoms with Crippen molar-refractivity contribution in [3.05, 3.63) is 0 Å². The molecule has 0 spiro atoms. The molecule has 1 saturated heterocycles. The van der Waals surface area contributed by atoms with Gasteiger partial charge < -0.3 is 10.1 Å². The first-order valence-electron chi connectivity index (χ1n) is 3.96. The molecule has 0 bridgehead atoms. The van der Waals surface area contributed by atoms with E-state index in [0.717, 1.165) is 0 Å². The molecule has 1 aliphatic heterocycles. The van der Waals surface area contributed by atoms with Gasteiger partial charge in [-0.05, 0) is 0 Å². The second-order valence-corrected chi connectivity index (χ2v) is 3.58. The van der Waals surface area contributed by atoms with Crippen molar-refractivity contribution >= 4 is 17.5 Å². The lowest BCUT2D eigenvalue weighted by Gasteiger charge is -2.14. The van der Waals surface area contributed by atoms with Crippen LogP contribution in [0.1, 0.15) is 6.42 Å². The Morgan fingerprint density at radius 2 is 2.14 bits per heavy atom. The van der Waals surface area contributed by atoms with Crippen molar-refractivity contribution in [3.63, 3.8) is 0 Å². The van der Waals surface area contributed by atoms with E-state index in [0.29, 0.717) is 0 Å². The van der Waals surface area contributed by atoms with Crippen LogP contribution in [0.25, 0.3) is 0 Å². The molecule has 14 heavy (non-hydrogen) atoms. The molecule has 2 unspecified atom stereocenters. The SMILES string of the molecule is O=C(CC(F)(F)F)NC1COCC1Cl. The number of ether oxygens (including phenoxy) is 1. The van der Waals surface area contributed by atoms with E-state index in [1.54, 1.807) is 0 Å². The van der Waals surface area contributed by atoms with E-state index >= 15 is 0 Å². The first kappa shape index (κ1) is 11.6. The number of hydrogen-bond acceptors (Lipinski definition) is 2. The molecule has 2 atom stereocenters. The lowest BCUT2D eigenvalue weighted by molar-refractivity contribution is -0.154. The highest BCUT2D eigenvalue weighted by molar-refractivity contribution is 6.21. The van der Waals surface area contributed by atoms with Crippen LogP contribution in [0.3, 0.4) is 0 Å². The van der Waals surface area contributed by atoms with Gasteiger partial charge in [0.25, 0.3) is 0 Å². The predicted octanol–water partition coefficient (Wildman–Crippen LogP) is 1.06. The fourth-order valence-corrected chi connectivity index (χ4v) is 1.32. The average Bonchev–Trinajstić information content (AvgIpc) is 2.32. The third kappa shape index (κ3) is 3.71. The molecule has 0 aromatic rings.